The van der Waals surface area contributed by atoms with Crippen molar-refractivity contribution < 1.29 is 22.3 Å². The molecule has 4 rings (SSSR count). The quantitative estimate of drug-likeness (QED) is 0.699. The standard InChI is InChI=1S/C20H21FN2O4S2/c21-18-12-22-20(28-18)23-19(24)17(11-13-7-9-27-10-8-13)14-1-3-15(4-2-14)29(25,26)16-5-6-16/h1-4,11-13,16H,5-10H2,(H,22,23,24)/b17-11+. The van der Waals surface area contributed by atoms with Crippen LogP contribution in [0.25, 0.3) is 5.57 Å². The van der Waals surface area contributed by atoms with Gasteiger partial charge in [-0.3, -0.25) is 10.1 Å². The molecule has 1 N–H and O–H groups in total. The fraction of sp³-hybridized carbons (Fsp3) is 0.400. The number of anilines is 1. The normalized spacial score (nSPS) is 18.6. The van der Waals surface area contributed by atoms with Gasteiger partial charge in [-0.25, -0.2) is 13.4 Å². The number of carbonyl (C=O) groups is 1. The van der Waals surface area contributed by atoms with Gasteiger partial charge in [0.15, 0.2) is 20.1 Å². The van der Waals surface area contributed by atoms with Crippen molar-refractivity contribution in [3.8, 4) is 0 Å². The van der Waals surface area contributed by atoms with E-state index in [0.717, 1.165) is 30.4 Å². The summed E-state index contributed by atoms with van der Waals surface area (Å²) in [6.45, 7) is 1.26. The van der Waals surface area contributed by atoms with Crippen LogP contribution in [0, 0.1) is 11.0 Å². The zero-order chi connectivity index (χ0) is 20.4. The Hall–Kier alpha value is -2.10. The summed E-state index contributed by atoms with van der Waals surface area (Å²) in [6.07, 6.45) is 5.96. The second-order valence-corrected chi connectivity index (χ2v) is 10.4. The highest BCUT2D eigenvalue weighted by Crippen LogP contribution is 2.34. The predicted molar refractivity (Wildman–Crippen MR) is 109 cm³/mol. The number of aromatic nitrogens is 1. The molecule has 0 spiro atoms. The van der Waals surface area contributed by atoms with Gasteiger partial charge < -0.3 is 4.74 Å². The Kier molecular flexibility index (Phi) is 5.80. The average Bonchev–Trinajstić information content (AvgIpc) is 3.51. The van der Waals surface area contributed by atoms with Crippen LogP contribution in [0.1, 0.15) is 31.2 Å². The first-order valence-electron chi connectivity index (χ1n) is 9.50. The summed E-state index contributed by atoms with van der Waals surface area (Å²) < 4.78 is 43.4. The predicted octanol–water partition coefficient (Wildman–Crippen LogP) is 3.67. The lowest BCUT2D eigenvalue weighted by Gasteiger charge is -2.20. The summed E-state index contributed by atoms with van der Waals surface area (Å²) in [4.78, 5) is 17.0. The van der Waals surface area contributed by atoms with E-state index in [9.17, 15) is 17.6 Å². The van der Waals surface area contributed by atoms with Crippen molar-refractivity contribution in [1.29, 1.82) is 0 Å². The van der Waals surface area contributed by atoms with Crippen LogP contribution in [0.4, 0.5) is 9.52 Å². The fourth-order valence-electron chi connectivity index (χ4n) is 3.29. The average molecular weight is 437 g/mol. The number of amides is 1. The third kappa shape index (κ3) is 4.73. The third-order valence-corrected chi connectivity index (χ3v) is 8.05. The number of benzene rings is 1. The van der Waals surface area contributed by atoms with Gasteiger partial charge in [-0.05, 0) is 49.3 Å². The zero-order valence-electron chi connectivity index (χ0n) is 15.6. The van der Waals surface area contributed by atoms with E-state index >= 15 is 0 Å². The largest absolute Gasteiger partial charge is 0.381 e. The number of ether oxygens (including phenoxy) is 1. The van der Waals surface area contributed by atoms with Crippen LogP contribution in [-0.4, -0.2) is 37.8 Å². The molecule has 1 aromatic carbocycles. The number of halogens is 1. The second-order valence-electron chi connectivity index (χ2n) is 7.22. The van der Waals surface area contributed by atoms with Gasteiger partial charge in [-0.1, -0.05) is 29.5 Å². The maximum absolute atomic E-state index is 13.2. The van der Waals surface area contributed by atoms with Crippen molar-refractivity contribution in [3.63, 3.8) is 0 Å². The molecule has 0 bridgehead atoms. The summed E-state index contributed by atoms with van der Waals surface area (Å²) in [6, 6.07) is 6.42. The molecule has 1 amide bonds. The number of carbonyl (C=O) groups excluding carboxylic acids is 1. The number of nitrogens with zero attached hydrogens (tertiary/aromatic N) is 1. The van der Waals surface area contributed by atoms with Crippen molar-refractivity contribution in [1.82, 2.24) is 4.98 Å². The van der Waals surface area contributed by atoms with Crippen LogP contribution in [0.2, 0.25) is 0 Å². The Bertz CT molecular complexity index is 1020. The van der Waals surface area contributed by atoms with Crippen molar-refractivity contribution in [2.24, 2.45) is 5.92 Å². The van der Waals surface area contributed by atoms with Gasteiger partial charge in [0.05, 0.1) is 16.3 Å². The molecule has 1 saturated heterocycles. The molecular weight excluding hydrogens is 415 g/mol. The molecule has 0 unspecified atom stereocenters. The summed E-state index contributed by atoms with van der Waals surface area (Å²) >= 11 is 0.754. The highest BCUT2D eigenvalue weighted by atomic mass is 32.2. The molecule has 2 heterocycles. The third-order valence-electron chi connectivity index (χ3n) is 5.07. The van der Waals surface area contributed by atoms with Crippen molar-refractivity contribution in [2.75, 3.05) is 18.5 Å². The Morgan fingerprint density at radius 1 is 1.17 bits per heavy atom. The van der Waals surface area contributed by atoms with E-state index in [4.69, 9.17) is 4.74 Å². The molecule has 1 aromatic heterocycles. The molecular formula is C20H21FN2O4S2. The van der Waals surface area contributed by atoms with Crippen LogP contribution in [0.3, 0.4) is 0 Å². The van der Waals surface area contributed by atoms with Gasteiger partial charge in [0.1, 0.15) is 0 Å². The molecule has 6 nitrogen and oxygen atoms in total. The number of rotatable bonds is 6. The molecule has 154 valence electrons. The van der Waals surface area contributed by atoms with Gasteiger partial charge >= 0.3 is 0 Å². The van der Waals surface area contributed by atoms with Crippen LogP contribution in [0.15, 0.2) is 41.4 Å². The van der Waals surface area contributed by atoms with Gasteiger partial charge in [0.25, 0.3) is 5.91 Å². The van der Waals surface area contributed by atoms with E-state index in [2.05, 4.69) is 10.3 Å². The molecule has 0 radical (unpaired) electrons. The topological polar surface area (TPSA) is 85.4 Å². The number of sulfone groups is 1. The Morgan fingerprint density at radius 2 is 1.86 bits per heavy atom. The maximum Gasteiger partial charge on any atom is 0.257 e. The Balaban J connectivity index is 1.62. The van der Waals surface area contributed by atoms with Crippen LogP contribution in [0.5, 0.6) is 0 Å². The number of allylic oxidation sites excluding steroid dienone is 1. The highest BCUT2D eigenvalue weighted by molar-refractivity contribution is 7.92. The molecule has 1 saturated carbocycles. The van der Waals surface area contributed by atoms with Gasteiger partial charge in [0, 0.05) is 18.8 Å². The minimum absolute atomic E-state index is 0.174. The van der Waals surface area contributed by atoms with Crippen LogP contribution in [-0.2, 0) is 19.4 Å². The minimum Gasteiger partial charge on any atom is -0.381 e. The minimum atomic E-state index is -3.29. The van der Waals surface area contributed by atoms with E-state index in [1.807, 2.05) is 6.08 Å². The first-order valence-corrected chi connectivity index (χ1v) is 11.9. The zero-order valence-corrected chi connectivity index (χ0v) is 17.3. The first kappa shape index (κ1) is 20.2. The molecule has 0 atom stereocenters. The number of nitrogens with one attached hydrogen (secondary N) is 1. The number of hydrogen-bond acceptors (Lipinski definition) is 6. The van der Waals surface area contributed by atoms with E-state index in [0.29, 0.717) is 37.2 Å². The summed E-state index contributed by atoms with van der Waals surface area (Å²) in [7, 11) is -3.29. The summed E-state index contributed by atoms with van der Waals surface area (Å²) in [5.41, 5.74) is 1.03. The van der Waals surface area contributed by atoms with Gasteiger partial charge in [-0.15, -0.1) is 0 Å². The monoisotopic (exact) mass is 436 g/mol. The van der Waals surface area contributed by atoms with E-state index in [1.165, 1.54) is 0 Å². The van der Waals surface area contributed by atoms with E-state index in [1.54, 1.807) is 24.3 Å². The molecule has 29 heavy (non-hydrogen) atoms. The van der Waals surface area contributed by atoms with Crippen molar-refractivity contribution >= 4 is 37.8 Å². The highest BCUT2D eigenvalue weighted by Gasteiger charge is 2.36. The SMILES string of the molecule is O=C(Nc1ncc(F)s1)/C(=C/C1CCOCC1)c1ccc(S(=O)(=O)C2CC2)cc1. The Morgan fingerprint density at radius 3 is 2.45 bits per heavy atom. The lowest BCUT2D eigenvalue weighted by Crippen LogP contribution is -2.18. The van der Waals surface area contributed by atoms with E-state index in [-0.39, 0.29) is 21.2 Å². The lowest BCUT2D eigenvalue weighted by molar-refractivity contribution is -0.111. The van der Waals surface area contributed by atoms with Crippen LogP contribution < -0.4 is 5.32 Å². The number of hydrogen-bond donors (Lipinski definition) is 1. The fourth-order valence-corrected chi connectivity index (χ4v) is 5.49. The molecule has 9 heteroatoms. The number of thiazole rings is 1. The smallest absolute Gasteiger partial charge is 0.257 e. The second kappa shape index (κ2) is 8.33. The maximum atomic E-state index is 13.2. The molecule has 1 aliphatic carbocycles. The summed E-state index contributed by atoms with van der Waals surface area (Å²) in [5, 5.41) is 2.05. The van der Waals surface area contributed by atoms with Gasteiger partial charge in [-0.2, -0.15) is 4.39 Å². The van der Waals surface area contributed by atoms with Crippen LogP contribution >= 0.6 is 11.3 Å². The Labute approximate surface area is 172 Å². The lowest BCUT2D eigenvalue weighted by atomic mass is 9.94. The summed E-state index contributed by atoms with van der Waals surface area (Å²) in [5.74, 6) is -0.226. The van der Waals surface area contributed by atoms with E-state index < -0.39 is 20.9 Å². The van der Waals surface area contributed by atoms with Crippen molar-refractivity contribution in [3.05, 3.63) is 47.2 Å². The molecule has 2 aliphatic rings. The first-order chi connectivity index (χ1) is 13.9. The van der Waals surface area contributed by atoms with Crippen molar-refractivity contribution in [2.45, 2.75) is 35.8 Å². The van der Waals surface area contributed by atoms with Gasteiger partial charge in [0.2, 0.25) is 0 Å². The molecule has 2 aromatic rings. The molecule has 1 aliphatic heterocycles. The molecule has 2 fully saturated rings.